The number of amides is 3. The van der Waals surface area contributed by atoms with Crippen LogP contribution in [0.1, 0.15) is 34.8 Å². The quantitative estimate of drug-likeness (QED) is 0.641. The molecule has 0 saturated carbocycles. The van der Waals surface area contributed by atoms with Crippen molar-refractivity contribution in [2.24, 2.45) is 0 Å². The molecule has 138 valence electrons. The van der Waals surface area contributed by atoms with Gasteiger partial charge in [-0.15, -0.1) is 0 Å². The molecule has 0 spiro atoms. The fourth-order valence-electron chi connectivity index (χ4n) is 2.65. The number of nitrogens with one attached hydrogen (secondary N) is 3. The van der Waals surface area contributed by atoms with Gasteiger partial charge in [-0.05, 0) is 62.1 Å². The highest BCUT2D eigenvalue weighted by atomic mass is 16.3. The minimum atomic E-state index is -0.305. The number of phenolic OH excluding ortho intramolecular Hbond substituents is 1. The summed E-state index contributed by atoms with van der Waals surface area (Å²) in [7, 11) is 1.57. The van der Waals surface area contributed by atoms with E-state index in [1.54, 1.807) is 44.3 Å². The van der Waals surface area contributed by atoms with Crippen molar-refractivity contribution in [1.29, 1.82) is 0 Å². The Morgan fingerprint density at radius 2 is 1.81 bits per heavy atom. The summed E-state index contributed by atoms with van der Waals surface area (Å²) in [5.41, 5.74) is 2.96. The maximum atomic E-state index is 12.2. The third-order valence-electron chi connectivity index (χ3n) is 4.23. The predicted octanol–water partition coefficient (Wildman–Crippen LogP) is 3.20. The number of urea groups is 1. The normalized spacial score (nSPS) is 11.5. The van der Waals surface area contributed by atoms with E-state index in [0.29, 0.717) is 11.3 Å². The molecular weight excluding hydrogens is 330 g/mol. The van der Waals surface area contributed by atoms with Crippen LogP contribution in [0.5, 0.6) is 5.75 Å². The number of hydrogen-bond acceptors (Lipinski definition) is 3. The summed E-state index contributed by atoms with van der Waals surface area (Å²) in [5, 5.41) is 17.6. The van der Waals surface area contributed by atoms with Gasteiger partial charge in [-0.3, -0.25) is 4.79 Å². The van der Waals surface area contributed by atoms with Crippen LogP contribution in [0.25, 0.3) is 0 Å². The van der Waals surface area contributed by atoms with Crippen LogP contribution in [0.4, 0.5) is 10.5 Å². The molecule has 6 heteroatoms. The van der Waals surface area contributed by atoms with Crippen LogP contribution >= 0.6 is 0 Å². The highest BCUT2D eigenvalue weighted by Gasteiger charge is 2.13. The van der Waals surface area contributed by atoms with E-state index < -0.39 is 0 Å². The molecule has 3 amide bonds. The molecule has 0 fully saturated rings. The summed E-state index contributed by atoms with van der Waals surface area (Å²) < 4.78 is 0. The molecule has 0 saturated heterocycles. The van der Waals surface area contributed by atoms with Crippen molar-refractivity contribution in [3.8, 4) is 5.75 Å². The first-order chi connectivity index (χ1) is 12.4. The third-order valence-corrected chi connectivity index (χ3v) is 4.23. The average molecular weight is 355 g/mol. The first-order valence-corrected chi connectivity index (χ1v) is 8.58. The molecule has 0 aliphatic rings. The van der Waals surface area contributed by atoms with Crippen molar-refractivity contribution in [3.63, 3.8) is 0 Å². The van der Waals surface area contributed by atoms with Gasteiger partial charge in [0.05, 0.1) is 0 Å². The van der Waals surface area contributed by atoms with E-state index in [9.17, 15) is 14.7 Å². The van der Waals surface area contributed by atoms with Gasteiger partial charge in [0.25, 0.3) is 5.91 Å². The Balaban J connectivity index is 1.90. The van der Waals surface area contributed by atoms with E-state index in [-0.39, 0.29) is 23.7 Å². The van der Waals surface area contributed by atoms with Gasteiger partial charge in [-0.1, -0.05) is 18.2 Å². The summed E-state index contributed by atoms with van der Waals surface area (Å²) >= 11 is 0. The Bertz CT molecular complexity index is 772. The minimum Gasteiger partial charge on any atom is -0.508 e. The Labute approximate surface area is 153 Å². The molecule has 4 N–H and O–H groups in total. The molecule has 0 aromatic heterocycles. The first kappa shape index (κ1) is 19.3. The Kier molecular flexibility index (Phi) is 6.60. The number of rotatable bonds is 6. The zero-order valence-electron chi connectivity index (χ0n) is 15.3. The molecule has 2 aromatic carbocycles. The van der Waals surface area contributed by atoms with Crippen LogP contribution in [-0.4, -0.2) is 30.1 Å². The summed E-state index contributed by atoms with van der Waals surface area (Å²) in [5.74, 6) is 0.0579. The van der Waals surface area contributed by atoms with Gasteiger partial charge < -0.3 is 21.1 Å². The number of carbonyl (C=O) groups is 2. The fourth-order valence-corrected chi connectivity index (χ4v) is 2.65. The molecule has 2 aromatic rings. The second kappa shape index (κ2) is 8.89. The molecule has 0 radical (unpaired) electrons. The average Bonchev–Trinajstić information content (AvgIpc) is 2.62. The number of benzene rings is 2. The van der Waals surface area contributed by atoms with Crippen LogP contribution in [0, 0.1) is 6.92 Å². The van der Waals surface area contributed by atoms with Gasteiger partial charge in [0, 0.05) is 24.3 Å². The Morgan fingerprint density at radius 1 is 1.12 bits per heavy atom. The molecule has 0 bridgehead atoms. The number of anilines is 1. The monoisotopic (exact) mass is 355 g/mol. The largest absolute Gasteiger partial charge is 0.508 e. The predicted molar refractivity (Wildman–Crippen MR) is 103 cm³/mol. The standard InChI is InChI=1S/C20H25N3O3/c1-13(7-8-15-9-11-16(24)12-10-15)22-20(26)23-18-6-4-5-17(14(18)2)19(25)21-3/h4-6,9-13,24H,7-8H2,1-3H3,(H,21,25)(H2,22,23,26). The SMILES string of the molecule is CNC(=O)c1cccc(NC(=O)NC(C)CCc2ccc(O)cc2)c1C. The van der Waals surface area contributed by atoms with E-state index in [1.165, 1.54) is 0 Å². The molecule has 2 rings (SSSR count). The lowest BCUT2D eigenvalue weighted by Gasteiger charge is -2.16. The highest BCUT2D eigenvalue weighted by molar-refractivity contribution is 5.98. The zero-order valence-corrected chi connectivity index (χ0v) is 15.3. The molecule has 0 aliphatic heterocycles. The van der Waals surface area contributed by atoms with Crippen molar-refractivity contribution in [2.45, 2.75) is 32.7 Å². The van der Waals surface area contributed by atoms with Crippen molar-refractivity contribution in [3.05, 3.63) is 59.2 Å². The number of carbonyl (C=O) groups excluding carboxylic acids is 2. The fraction of sp³-hybridized carbons (Fsp3) is 0.300. The van der Waals surface area contributed by atoms with Crippen molar-refractivity contribution in [2.75, 3.05) is 12.4 Å². The van der Waals surface area contributed by atoms with Gasteiger partial charge in [0.2, 0.25) is 0 Å². The van der Waals surface area contributed by atoms with Crippen LogP contribution in [0.2, 0.25) is 0 Å². The van der Waals surface area contributed by atoms with Crippen LogP contribution in [0.15, 0.2) is 42.5 Å². The smallest absolute Gasteiger partial charge is 0.319 e. The topological polar surface area (TPSA) is 90.5 Å². The molecule has 1 unspecified atom stereocenters. The Hall–Kier alpha value is -3.02. The maximum Gasteiger partial charge on any atom is 0.319 e. The van der Waals surface area contributed by atoms with Crippen molar-refractivity contribution in [1.82, 2.24) is 10.6 Å². The van der Waals surface area contributed by atoms with Crippen LogP contribution < -0.4 is 16.0 Å². The molecule has 0 heterocycles. The number of aromatic hydroxyl groups is 1. The summed E-state index contributed by atoms with van der Waals surface area (Å²) in [6.45, 7) is 3.74. The number of aryl methyl sites for hydroxylation is 1. The molecular formula is C20H25N3O3. The van der Waals surface area contributed by atoms with Gasteiger partial charge in [-0.2, -0.15) is 0 Å². The van der Waals surface area contributed by atoms with E-state index in [4.69, 9.17) is 0 Å². The molecule has 26 heavy (non-hydrogen) atoms. The van der Waals surface area contributed by atoms with E-state index in [2.05, 4.69) is 16.0 Å². The van der Waals surface area contributed by atoms with Crippen molar-refractivity contribution < 1.29 is 14.7 Å². The van der Waals surface area contributed by atoms with Crippen LogP contribution in [0.3, 0.4) is 0 Å². The lowest BCUT2D eigenvalue weighted by Crippen LogP contribution is -2.36. The van der Waals surface area contributed by atoms with E-state index in [0.717, 1.165) is 24.0 Å². The zero-order chi connectivity index (χ0) is 19.1. The van der Waals surface area contributed by atoms with Gasteiger partial charge in [-0.25, -0.2) is 4.79 Å². The van der Waals surface area contributed by atoms with Gasteiger partial charge in [0.15, 0.2) is 0 Å². The Morgan fingerprint density at radius 3 is 2.46 bits per heavy atom. The van der Waals surface area contributed by atoms with Crippen molar-refractivity contribution >= 4 is 17.6 Å². The van der Waals surface area contributed by atoms with Gasteiger partial charge >= 0.3 is 6.03 Å². The lowest BCUT2D eigenvalue weighted by molar-refractivity contribution is 0.0962. The highest BCUT2D eigenvalue weighted by Crippen LogP contribution is 2.19. The molecule has 6 nitrogen and oxygen atoms in total. The first-order valence-electron chi connectivity index (χ1n) is 8.58. The summed E-state index contributed by atoms with van der Waals surface area (Å²) in [6, 6.07) is 11.9. The number of phenols is 1. The maximum absolute atomic E-state index is 12.2. The third kappa shape index (κ3) is 5.24. The second-order valence-electron chi connectivity index (χ2n) is 6.26. The van der Waals surface area contributed by atoms with Gasteiger partial charge in [0.1, 0.15) is 5.75 Å². The summed E-state index contributed by atoms with van der Waals surface area (Å²) in [4.78, 5) is 24.1. The van der Waals surface area contributed by atoms with E-state index in [1.807, 2.05) is 19.1 Å². The van der Waals surface area contributed by atoms with E-state index >= 15 is 0 Å². The van der Waals surface area contributed by atoms with Crippen LogP contribution in [-0.2, 0) is 6.42 Å². The number of hydrogen-bond donors (Lipinski definition) is 4. The molecule has 0 aliphatic carbocycles. The molecule has 1 atom stereocenters. The lowest BCUT2D eigenvalue weighted by atomic mass is 10.1. The summed E-state index contributed by atoms with van der Waals surface area (Å²) in [6.07, 6.45) is 1.57. The second-order valence-corrected chi connectivity index (χ2v) is 6.26. The minimum absolute atomic E-state index is 0.0220.